The number of carbonyl (C=O) groups excluding carboxylic acids is 2. The van der Waals surface area contributed by atoms with E-state index < -0.39 is 0 Å². The number of carbonyl (C=O) groups is 2. The number of hydrogen-bond donors (Lipinski definition) is 1. The van der Waals surface area contributed by atoms with Gasteiger partial charge in [-0.05, 0) is 49.0 Å². The minimum Gasteiger partial charge on any atom is -0.493 e. The molecule has 194 valence electrons. The zero-order chi connectivity index (χ0) is 25.9. The Labute approximate surface area is 226 Å². The third-order valence-electron chi connectivity index (χ3n) is 6.97. The van der Waals surface area contributed by atoms with E-state index in [1.807, 2.05) is 42.5 Å². The van der Waals surface area contributed by atoms with Gasteiger partial charge in [-0.2, -0.15) is 0 Å². The predicted molar refractivity (Wildman–Crippen MR) is 149 cm³/mol. The summed E-state index contributed by atoms with van der Waals surface area (Å²) in [5.74, 6) is 0.462. The Hall–Kier alpha value is -2.91. The van der Waals surface area contributed by atoms with Crippen LogP contribution in [0.1, 0.15) is 25.6 Å². The molecule has 1 fully saturated rings. The second-order valence-corrected chi connectivity index (χ2v) is 11.0. The van der Waals surface area contributed by atoms with Crippen molar-refractivity contribution in [3.05, 3.63) is 69.6 Å². The third-order valence-corrected chi connectivity index (χ3v) is 8.48. The number of piperazine rings is 1. The lowest BCUT2D eigenvalue weighted by atomic mass is 10.0. The van der Waals surface area contributed by atoms with Crippen LogP contribution in [0.4, 0.5) is 5.69 Å². The number of halogens is 1. The quantitative estimate of drug-likeness (QED) is 0.508. The second-order valence-electron chi connectivity index (χ2n) is 9.49. The van der Waals surface area contributed by atoms with Crippen LogP contribution in [0.25, 0.3) is 10.4 Å². The van der Waals surface area contributed by atoms with Gasteiger partial charge in [0.25, 0.3) is 11.8 Å². The zero-order valence-corrected chi connectivity index (χ0v) is 22.7. The third kappa shape index (κ3) is 5.67. The van der Waals surface area contributed by atoms with Crippen molar-refractivity contribution in [3.8, 4) is 16.2 Å². The summed E-state index contributed by atoms with van der Waals surface area (Å²) in [6.07, 6.45) is 0.691. The van der Waals surface area contributed by atoms with Gasteiger partial charge in [-0.1, -0.05) is 23.7 Å². The molecule has 2 aliphatic heterocycles. The molecule has 0 spiro atoms. The molecule has 0 bridgehead atoms. The van der Waals surface area contributed by atoms with Crippen LogP contribution in [0.5, 0.6) is 5.75 Å². The van der Waals surface area contributed by atoms with Gasteiger partial charge >= 0.3 is 0 Å². The van der Waals surface area contributed by atoms with Crippen molar-refractivity contribution in [3.63, 3.8) is 0 Å². The van der Waals surface area contributed by atoms with Gasteiger partial charge in [-0.25, -0.2) is 0 Å². The van der Waals surface area contributed by atoms with Crippen LogP contribution in [0, 0.1) is 0 Å². The standard InChI is InChI=1S/C28H31ClN4O3S/c1-31-12-14-33(15-13-31)11-10-30-27(34)20-7-8-21-24(17-20)36-16-9-19-18-25(37-26(19)21)28(35)32(2)23-6-4-3-5-22(23)29/h3-8,17-18H,9-16H2,1-2H3,(H,30,34). The van der Waals surface area contributed by atoms with E-state index >= 15 is 0 Å². The fourth-order valence-corrected chi connectivity index (χ4v) is 6.17. The van der Waals surface area contributed by atoms with Crippen molar-refractivity contribution in [2.24, 2.45) is 0 Å². The predicted octanol–water partition coefficient (Wildman–Crippen LogP) is 4.26. The van der Waals surface area contributed by atoms with Crippen LogP contribution < -0.4 is 15.0 Å². The molecule has 5 rings (SSSR count). The lowest BCUT2D eigenvalue weighted by molar-refractivity contribution is 0.0939. The van der Waals surface area contributed by atoms with Gasteiger partial charge in [0.05, 0.1) is 22.2 Å². The number of para-hydroxylation sites is 1. The smallest absolute Gasteiger partial charge is 0.268 e. The van der Waals surface area contributed by atoms with E-state index in [-0.39, 0.29) is 11.8 Å². The lowest BCUT2D eigenvalue weighted by Crippen LogP contribution is -2.46. The van der Waals surface area contributed by atoms with Crippen LogP contribution in [0.3, 0.4) is 0 Å². The van der Waals surface area contributed by atoms with Crippen molar-refractivity contribution >= 4 is 40.4 Å². The van der Waals surface area contributed by atoms with E-state index in [9.17, 15) is 9.59 Å². The maximum atomic E-state index is 13.3. The number of ether oxygens (including phenoxy) is 1. The van der Waals surface area contributed by atoms with Crippen LogP contribution in [0.15, 0.2) is 48.5 Å². The number of benzene rings is 2. The summed E-state index contributed by atoms with van der Waals surface area (Å²) in [5, 5.41) is 3.57. The molecule has 2 aliphatic rings. The van der Waals surface area contributed by atoms with E-state index in [0.717, 1.165) is 48.7 Å². The molecule has 7 nitrogen and oxygen atoms in total. The number of hydrogen-bond acceptors (Lipinski definition) is 6. The molecule has 1 saturated heterocycles. The number of rotatable bonds is 6. The minimum atomic E-state index is -0.106. The van der Waals surface area contributed by atoms with Crippen molar-refractivity contribution in [1.82, 2.24) is 15.1 Å². The molecule has 9 heteroatoms. The van der Waals surface area contributed by atoms with Crippen molar-refractivity contribution in [2.45, 2.75) is 6.42 Å². The van der Waals surface area contributed by atoms with Crippen LogP contribution in [-0.2, 0) is 6.42 Å². The number of amides is 2. The molecule has 0 aliphatic carbocycles. The molecule has 1 N–H and O–H groups in total. The van der Waals surface area contributed by atoms with Gasteiger partial charge in [0.2, 0.25) is 0 Å². The fraction of sp³-hybridized carbons (Fsp3) is 0.357. The Morgan fingerprint density at radius 1 is 1.11 bits per heavy atom. The van der Waals surface area contributed by atoms with E-state index in [1.54, 1.807) is 18.0 Å². The average molecular weight is 539 g/mol. The van der Waals surface area contributed by atoms with Gasteiger partial charge in [0, 0.05) is 68.7 Å². The first-order valence-electron chi connectivity index (χ1n) is 12.5. The summed E-state index contributed by atoms with van der Waals surface area (Å²) in [4.78, 5) is 34.0. The largest absolute Gasteiger partial charge is 0.493 e. The molecular weight excluding hydrogens is 508 g/mol. The van der Waals surface area contributed by atoms with Gasteiger partial charge in [0.15, 0.2) is 0 Å². The van der Waals surface area contributed by atoms with Crippen LogP contribution >= 0.6 is 22.9 Å². The Morgan fingerprint density at radius 2 is 1.89 bits per heavy atom. The van der Waals surface area contributed by atoms with Crippen molar-refractivity contribution in [2.75, 3.05) is 64.9 Å². The maximum Gasteiger partial charge on any atom is 0.268 e. The van der Waals surface area contributed by atoms with E-state index in [2.05, 4.69) is 22.2 Å². The molecule has 37 heavy (non-hydrogen) atoms. The highest BCUT2D eigenvalue weighted by Crippen LogP contribution is 2.41. The normalized spacial score (nSPS) is 15.8. The SMILES string of the molecule is CN1CCN(CCNC(=O)c2ccc3c(c2)OCCc2cc(C(=O)N(C)c4ccccc4Cl)sc2-3)CC1. The molecular formula is C28H31ClN4O3S. The monoisotopic (exact) mass is 538 g/mol. The van der Waals surface area contributed by atoms with Gasteiger partial charge in [0.1, 0.15) is 5.75 Å². The second kappa shape index (κ2) is 11.2. The number of likely N-dealkylation sites (N-methyl/N-ethyl adjacent to an activating group) is 1. The molecule has 3 aromatic rings. The molecule has 2 amide bonds. The Morgan fingerprint density at radius 3 is 2.68 bits per heavy atom. The summed E-state index contributed by atoms with van der Waals surface area (Å²) in [7, 11) is 3.87. The van der Waals surface area contributed by atoms with Gasteiger partial charge in [-0.3, -0.25) is 14.5 Å². The highest BCUT2D eigenvalue weighted by atomic mass is 35.5. The Balaban J connectivity index is 1.29. The summed E-state index contributed by atoms with van der Waals surface area (Å²) in [6.45, 7) is 6.12. The molecule has 1 aromatic heterocycles. The number of fused-ring (bicyclic) bond motifs is 3. The highest BCUT2D eigenvalue weighted by molar-refractivity contribution is 7.17. The number of nitrogens with zero attached hydrogens (tertiary/aromatic N) is 3. The van der Waals surface area contributed by atoms with Crippen LogP contribution in [-0.4, -0.2) is 81.6 Å². The number of nitrogens with one attached hydrogen (secondary N) is 1. The summed E-state index contributed by atoms with van der Waals surface area (Å²) in [5.41, 5.74) is 3.23. The van der Waals surface area contributed by atoms with Gasteiger partial charge in [-0.15, -0.1) is 11.3 Å². The molecule has 0 unspecified atom stereocenters. The first kappa shape index (κ1) is 25.7. The van der Waals surface area contributed by atoms with Crippen molar-refractivity contribution in [1.29, 1.82) is 0 Å². The zero-order valence-electron chi connectivity index (χ0n) is 21.1. The molecule has 0 atom stereocenters. The Kier molecular flexibility index (Phi) is 7.81. The molecule has 0 radical (unpaired) electrons. The molecule has 3 heterocycles. The lowest BCUT2D eigenvalue weighted by Gasteiger charge is -2.32. The average Bonchev–Trinajstić information content (AvgIpc) is 3.25. The minimum absolute atomic E-state index is 0.103. The van der Waals surface area contributed by atoms with E-state index in [4.69, 9.17) is 16.3 Å². The molecule has 0 saturated carbocycles. The van der Waals surface area contributed by atoms with Gasteiger partial charge < -0.3 is 19.9 Å². The number of thiophene rings is 1. The summed E-state index contributed by atoms with van der Waals surface area (Å²) < 4.78 is 6.02. The fourth-order valence-electron chi connectivity index (χ4n) is 4.69. The Bertz CT molecular complexity index is 1300. The van der Waals surface area contributed by atoms with Crippen molar-refractivity contribution < 1.29 is 14.3 Å². The first-order chi connectivity index (χ1) is 17.9. The summed E-state index contributed by atoms with van der Waals surface area (Å²) in [6, 6.07) is 14.8. The molecule has 2 aromatic carbocycles. The van der Waals surface area contributed by atoms with E-state index in [1.165, 1.54) is 11.3 Å². The highest BCUT2D eigenvalue weighted by Gasteiger charge is 2.25. The number of anilines is 1. The van der Waals surface area contributed by atoms with E-state index in [0.29, 0.717) is 46.5 Å². The van der Waals surface area contributed by atoms with Crippen LogP contribution in [0.2, 0.25) is 5.02 Å². The summed E-state index contributed by atoms with van der Waals surface area (Å²) >= 11 is 7.76. The maximum absolute atomic E-state index is 13.3. The topological polar surface area (TPSA) is 65.1 Å². The first-order valence-corrected chi connectivity index (χ1v) is 13.7.